The maximum atomic E-state index is 12.9. The molecule has 19 heavy (non-hydrogen) atoms. The summed E-state index contributed by atoms with van der Waals surface area (Å²) in [6.07, 6.45) is 0. The van der Waals surface area contributed by atoms with Crippen LogP contribution in [0.5, 0.6) is 5.75 Å². The number of halogens is 1. The summed E-state index contributed by atoms with van der Waals surface area (Å²) in [6.45, 7) is -0.352. The molecule has 0 unspecified atom stereocenters. The molecular weight excluding hydrogens is 245 g/mol. The molecule has 0 heterocycles. The molecule has 1 amide bonds. The summed E-state index contributed by atoms with van der Waals surface area (Å²) in [7, 11) is 0. The normalized spacial score (nSPS) is 10.2. The average molecular weight is 259 g/mol. The Kier molecular flexibility index (Phi) is 4.13. The summed E-state index contributed by atoms with van der Waals surface area (Å²) < 4.78 is 18.5. The molecule has 0 aliphatic rings. The van der Waals surface area contributed by atoms with E-state index in [1.54, 1.807) is 6.07 Å². The quantitative estimate of drug-likeness (QED) is 0.897. The van der Waals surface area contributed by atoms with Crippen molar-refractivity contribution in [2.45, 2.75) is 13.3 Å². The third kappa shape index (κ3) is 3.31. The van der Waals surface area contributed by atoms with E-state index in [-0.39, 0.29) is 5.56 Å². The number of carbonyl (C=O) groups excluding carboxylic acids is 1. The minimum atomic E-state index is -0.703. The Morgan fingerprint density at radius 3 is 2.53 bits per heavy atom. The molecule has 2 aromatic carbocycles. The second-order valence-corrected chi connectivity index (χ2v) is 4.09. The smallest absolute Gasteiger partial charge is 0.248 e. The molecular formula is C15H14FNO2. The fraction of sp³-hybridized carbons (Fsp3) is 0.133. The summed E-state index contributed by atoms with van der Waals surface area (Å²) in [4.78, 5) is 11.0. The molecule has 0 aliphatic heterocycles. The van der Waals surface area contributed by atoms with Crippen molar-refractivity contribution in [3.05, 3.63) is 65.2 Å². The van der Waals surface area contributed by atoms with Gasteiger partial charge in [-0.3, -0.25) is 4.79 Å². The van der Waals surface area contributed by atoms with E-state index >= 15 is 0 Å². The molecule has 2 aromatic rings. The molecule has 0 fully saturated rings. The van der Waals surface area contributed by atoms with Crippen LogP contribution in [0.1, 0.15) is 21.5 Å². The van der Waals surface area contributed by atoms with Gasteiger partial charge in [0.25, 0.3) is 0 Å². The van der Waals surface area contributed by atoms with Crippen LogP contribution < -0.4 is 10.5 Å². The van der Waals surface area contributed by atoms with E-state index in [1.807, 2.05) is 30.3 Å². The SMILES string of the molecule is NC(=O)c1ccc(OCc2ccccc2)c(CF)c1. The second kappa shape index (κ2) is 6.00. The van der Waals surface area contributed by atoms with Gasteiger partial charge in [-0.25, -0.2) is 4.39 Å². The summed E-state index contributed by atoms with van der Waals surface area (Å²) >= 11 is 0. The van der Waals surface area contributed by atoms with E-state index in [2.05, 4.69) is 0 Å². The van der Waals surface area contributed by atoms with Crippen LogP contribution >= 0.6 is 0 Å². The van der Waals surface area contributed by atoms with Crippen LogP contribution in [-0.2, 0) is 13.3 Å². The van der Waals surface area contributed by atoms with Gasteiger partial charge in [-0.2, -0.15) is 0 Å². The van der Waals surface area contributed by atoms with Crippen LogP contribution in [0.4, 0.5) is 4.39 Å². The lowest BCUT2D eigenvalue weighted by atomic mass is 10.1. The molecule has 0 atom stereocenters. The van der Waals surface area contributed by atoms with Crippen LogP contribution in [0, 0.1) is 0 Å². The van der Waals surface area contributed by atoms with Crippen LogP contribution in [-0.4, -0.2) is 5.91 Å². The molecule has 4 heteroatoms. The number of hydrogen-bond acceptors (Lipinski definition) is 2. The summed E-state index contributed by atoms with van der Waals surface area (Å²) in [6, 6.07) is 14.1. The van der Waals surface area contributed by atoms with Gasteiger partial charge in [0.15, 0.2) is 0 Å². The number of primary amides is 1. The van der Waals surface area contributed by atoms with Gasteiger partial charge in [-0.15, -0.1) is 0 Å². The molecule has 3 nitrogen and oxygen atoms in total. The lowest BCUT2D eigenvalue weighted by Crippen LogP contribution is -2.11. The third-order valence-electron chi connectivity index (χ3n) is 2.73. The lowest BCUT2D eigenvalue weighted by Gasteiger charge is -2.10. The zero-order chi connectivity index (χ0) is 13.7. The Hall–Kier alpha value is -2.36. The van der Waals surface area contributed by atoms with Crippen molar-refractivity contribution in [1.29, 1.82) is 0 Å². The molecule has 0 bridgehead atoms. The highest BCUT2D eigenvalue weighted by molar-refractivity contribution is 5.93. The van der Waals surface area contributed by atoms with Gasteiger partial charge in [-0.05, 0) is 23.8 Å². The van der Waals surface area contributed by atoms with Crippen LogP contribution in [0.15, 0.2) is 48.5 Å². The van der Waals surface area contributed by atoms with Crippen LogP contribution in [0.3, 0.4) is 0 Å². The third-order valence-corrected chi connectivity index (χ3v) is 2.73. The number of ether oxygens (including phenoxy) is 1. The van der Waals surface area contributed by atoms with Crippen molar-refractivity contribution in [3.8, 4) is 5.75 Å². The van der Waals surface area contributed by atoms with Crippen molar-refractivity contribution in [2.75, 3.05) is 0 Å². The average Bonchev–Trinajstić information content (AvgIpc) is 2.45. The summed E-state index contributed by atoms with van der Waals surface area (Å²) in [5.41, 5.74) is 6.75. The molecule has 0 saturated carbocycles. The zero-order valence-corrected chi connectivity index (χ0v) is 10.3. The number of alkyl halides is 1. The number of carbonyl (C=O) groups is 1. The maximum Gasteiger partial charge on any atom is 0.248 e. The number of benzene rings is 2. The van der Waals surface area contributed by atoms with E-state index in [4.69, 9.17) is 10.5 Å². The molecule has 0 spiro atoms. The lowest BCUT2D eigenvalue weighted by molar-refractivity contribution is 0.1000. The van der Waals surface area contributed by atoms with Crippen molar-refractivity contribution in [3.63, 3.8) is 0 Å². The van der Waals surface area contributed by atoms with Gasteiger partial charge >= 0.3 is 0 Å². The Bertz CT molecular complexity index is 570. The highest BCUT2D eigenvalue weighted by Gasteiger charge is 2.08. The molecule has 0 radical (unpaired) electrons. The van der Waals surface area contributed by atoms with Gasteiger partial charge < -0.3 is 10.5 Å². The fourth-order valence-corrected chi connectivity index (χ4v) is 1.71. The van der Waals surface area contributed by atoms with Crippen molar-refractivity contribution < 1.29 is 13.9 Å². The Balaban J connectivity index is 2.14. The van der Waals surface area contributed by atoms with Gasteiger partial charge in [0.05, 0.1) is 0 Å². The van der Waals surface area contributed by atoms with E-state index in [0.717, 1.165) is 5.56 Å². The van der Waals surface area contributed by atoms with E-state index in [0.29, 0.717) is 17.9 Å². The molecule has 0 aliphatic carbocycles. The van der Waals surface area contributed by atoms with Crippen molar-refractivity contribution in [1.82, 2.24) is 0 Å². The largest absolute Gasteiger partial charge is 0.489 e. The Morgan fingerprint density at radius 2 is 1.89 bits per heavy atom. The molecule has 2 rings (SSSR count). The van der Waals surface area contributed by atoms with Gasteiger partial charge in [0.1, 0.15) is 19.0 Å². The van der Waals surface area contributed by atoms with Crippen LogP contribution in [0.2, 0.25) is 0 Å². The van der Waals surface area contributed by atoms with Gasteiger partial charge in [-0.1, -0.05) is 30.3 Å². The van der Waals surface area contributed by atoms with Crippen molar-refractivity contribution >= 4 is 5.91 Å². The monoisotopic (exact) mass is 259 g/mol. The standard InChI is InChI=1S/C15H14FNO2/c16-9-13-8-12(15(17)18)6-7-14(13)19-10-11-4-2-1-3-5-11/h1-8H,9-10H2,(H2,17,18). The Morgan fingerprint density at radius 1 is 1.16 bits per heavy atom. The predicted molar refractivity (Wildman–Crippen MR) is 70.5 cm³/mol. The second-order valence-electron chi connectivity index (χ2n) is 4.09. The molecule has 0 aromatic heterocycles. The van der Waals surface area contributed by atoms with Crippen molar-refractivity contribution in [2.24, 2.45) is 5.73 Å². The first-order valence-electron chi connectivity index (χ1n) is 5.86. The number of hydrogen-bond donors (Lipinski definition) is 1. The first kappa shape index (κ1) is 13.1. The highest BCUT2D eigenvalue weighted by Crippen LogP contribution is 2.22. The highest BCUT2D eigenvalue weighted by atomic mass is 19.1. The maximum absolute atomic E-state index is 12.9. The summed E-state index contributed by atoms with van der Waals surface area (Å²) in [5.74, 6) is -0.152. The minimum absolute atomic E-state index is 0.278. The first-order valence-corrected chi connectivity index (χ1v) is 5.86. The molecule has 2 N–H and O–H groups in total. The number of amides is 1. The predicted octanol–water partition coefficient (Wildman–Crippen LogP) is 2.83. The van der Waals surface area contributed by atoms with E-state index < -0.39 is 12.6 Å². The van der Waals surface area contributed by atoms with Gasteiger partial charge in [0.2, 0.25) is 5.91 Å². The fourth-order valence-electron chi connectivity index (χ4n) is 1.71. The Labute approximate surface area is 110 Å². The zero-order valence-electron chi connectivity index (χ0n) is 10.3. The van der Waals surface area contributed by atoms with E-state index in [1.165, 1.54) is 12.1 Å². The summed E-state index contributed by atoms with van der Waals surface area (Å²) in [5, 5.41) is 0. The van der Waals surface area contributed by atoms with E-state index in [9.17, 15) is 9.18 Å². The number of nitrogens with two attached hydrogens (primary N) is 1. The minimum Gasteiger partial charge on any atom is -0.489 e. The van der Waals surface area contributed by atoms with Gasteiger partial charge in [0, 0.05) is 11.1 Å². The molecule has 98 valence electrons. The number of rotatable bonds is 5. The first-order chi connectivity index (χ1) is 9.20. The van der Waals surface area contributed by atoms with Crippen LogP contribution in [0.25, 0.3) is 0 Å². The topological polar surface area (TPSA) is 52.3 Å². The molecule has 0 saturated heterocycles.